The predicted molar refractivity (Wildman–Crippen MR) is 55.9 cm³/mol. The van der Waals surface area contributed by atoms with Crippen molar-refractivity contribution in [2.45, 2.75) is 37.7 Å². The Hall–Kier alpha value is -0.260. The number of carbonyl (C=O) groups excluding carboxylic acids is 1. The summed E-state index contributed by atoms with van der Waals surface area (Å²) in [6.45, 7) is 2.39. The van der Waals surface area contributed by atoms with E-state index in [0.717, 1.165) is 11.3 Å². The lowest BCUT2D eigenvalue weighted by Crippen LogP contribution is -2.42. The smallest absolute Gasteiger partial charge is 0.333 e. The summed E-state index contributed by atoms with van der Waals surface area (Å²) in [6.07, 6.45) is -2.98. The van der Waals surface area contributed by atoms with E-state index in [9.17, 15) is 18.0 Å². The van der Waals surface area contributed by atoms with Crippen molar-refractivity contribution in [3.05, 3.63) is 0 Å². The maximum Gasteiger partial charge on any atom is 0.406 e. The molecular formula is C9H15BrF3NO. The summed E-state index contributed by atoms with van der Waals surface area (Å²) in [6, 6.07) is 0. The van der Waals surface area contributed by atoms with Crippen molar-refractivity contribution in [3.63, 3.8) is 0 Å². The van der Waals surface area contributed by atoms with Gasteiger partial charge in [-0.2, -0.15) is 13.2 Å². The molecule has 0 radical (unpaired) electrons. The standard InChI is InChI=1S/C9H15BrF3NO/c1-3-4-5-14(6-9(11,12)13)8(15)7(2)10/h7H,3-6H2,1-2H3. The summed E-state index contributed by atoms with van der Waals surface area (Å²) in [4.78, 5) is 11.7. The minimum Gasteiger partial charge on any atom is -0.333 e. The third kappa shape index (κ3) is 6.76. The van der Waals surface area contributed by atoms with Crippen LogP contribution in [-0.2, 0) is 4.79 Å². The van der Waals surface area contributed by atoms with Crippen molar-refractivity contribution in [1.29, 1.82) is 0 Å². The lowest BCUT2D eigenvalue weighted by atomic mass is 10.3. The molecule has 0 aromatic heterocycles. The highest BCUT2D eigenvalue weighted by molar-refractivity contribution is 9.10. The van der Waals surface area contributed by atoms with Gasteiger partial charge in [0.1, 0.15) is 6.54 Å². The second-order valence-corrected chi connectivity index (χ2v) is 4.72. The van der Waals surface area contributed by atoms with Gasteiger partial charge in [-0.1, -0.05) is 29.3 Å². The van der Waals surface area contributed by atoms with Crippen LogP contribution in [0, 0.1) is 0 Å². The molecular weight excluding hydrogens is 275 g/mol. The zero-order valence-corrected chi connectivity index (χ0v) is 10.4. The molecule has 2 nitrogen and oxygen atoms in total. The van der Waals surface area contributed by atoms with E-state index in [1.807, 2.05) is 6.92 Å². The molecule has 0 bridgehead atoms. The van der Waals surface area contributed by atoms with Crippen LogP contribution in [0.5, 0.6) is 0 Å². The largest absolute Gasteiger partial charge is 0.406 e. The summed E-state index contributed by atoms with van der Waals surface area (Å²) in [7, 11) is 0. The molecule has 90 valence electrons. The average molecular weight is 290 g/mol. The number of nitrogens with zero attached hydrogens (tertiary/aromatic N) is 1. The van der Waals surface area contributed by atoms with Gasteiger partial charge in [-0.3, -0.25) is 4.79 Å². The SMILES string of the molecule is CCCCN(CC(F)(F)F)C(=O)C(C)Br. The molecule has 0 heterocycles. The van der Waals surface area contributed by atoms with Crippen molar-refractivity contribution in [1.82, 2.24) is 4.90 Å². The highest BCUT2D eigenvalue weighted by Gasteiger charge is 2.33. The third-order valence-electron chi connectivity index (χ3n) is 1.80. The van der Waals surface area contributed by atoms with E-state index < -0.39 is 23.5 Å². The molecule has 1 amide bonds. The monoisotopic (exact) mass is 289 g/mol. The van der Waals surface area contributed by atoms with E-state index >= 15 is 0 Å². The molecule has 0 spiro atoms. The van der Waals surface area contributed by atoms with Gasteiger partial charge >= 0.3 is 6.18 Å². The number of rotatable bonds is 5. The number of hydrogen-bond acceptors (Lipinski definition) is 1. The fourth-order valence-electron chi connectivity index (χ4n) is 1.08. The molecule has 0 saturated carbocycles. The molecule has 15 heavy (non-hydrogen) atoms. The van der Waals surface area contributed by atoms with Crippen molar-refractivity contribution in [3.8, 4) is 0 Å². The van der Waals surface area contributed by atoms with E-state index in [0.29, 0.717) is 6.42 Å². The molecule has 0 saturated heterocycles. The Bertz CT molecular complexity index is 206. The second-order valence-electron chi connectivity index (χ2n) is 3.34. The Morgan fingerprint density at radius 2 is 2.00 bits per heavy atom. The molecule has 0 N–H and O–H groups in total. The lowest BCUT2D eigenvalue weighted by molar-refractivity contribution is -0.160. The van der Waals surface area contributed by atoms with Gasteiger partial charge in [0, 0.05) is 6.54 Å². The van der Waals surface area contributed by atoms with Gasteiger partial charge in [0.05, 0.1) is 4.83 Å². The van der Waals surface area contributed by atoms with Crippen LogP contribution in [0.4, 0.5) is 13.2 Å². The van der Waals surface area contributed by atoms with Crippen molar-refractivity contribution in [2.75, 3.05) is 13.1 Å². The Morgan fingerprint density at radius 3 is 2.33 bits per heavy atom. The summed E-state index contributed by atoms with van der Waals surface area (Å²) >= 11 is 2.98. The van der Waals surface area contributed by atoms with Crippen molar-refractivity contribution >= 4 is 21.8 Å². The van der Waals surface area contributed by atoms with E-state index in [1.54, 1.807) is 0 Å². The van der Waals surface area contributed by atoms with E-state index in [1.165, 1.54) is 6.92 Å². The topological polar surface area (TPSA) is 20.3 Å². The molecule has 1 atom stereocenters. The van der Waals surface area contributed by atoms with Gasteiger partial charge in [-0.25, -0.2) is 0 Å². The van der Waals surface area contributed by atoms with Crippen LogP contribution in [0.1, 0.15) is 26.7 Å². The van der Waals surface area contributed by atoms with Crippen LogP contribution in [0.15, 0.2) is 0 Å². The van der Waals surface area contributed by atoms with Crippen LogP contribution in [-0.4, -0.2) is 34.9 Å². The maximum atomic E-state index is 12.1. The number of alkyl halides is 4. The van der Waals surface area contributed by atoms with Gasteiger partial charge in [0.25, 0.3) is 0 Å². The van der Waals surface area contributed by atoms with Crippen LogP contribution >= 0.6 is 15.9 Å². The molecule has 0 aromatic rings. The average Bonchev–Trinajstić information content (AvgIpc) is 2.09. The molecule has 1 unspecified atom stereocenters. The Labute approximate surface area is 95.9 Å². The van der Waals surface area contributed by atoms with Crippen LogP contribution in [0.2, 0.25) is 0 Å². The summed E-state index contributed by atoms with van der Waals surface area (Å²) < 4.78 is 36.4. The van der Waals surface area contributed by atoms with E-state index in [4.69, 9.17) is 0 Å². The third-order valence-corrected chi connectivity index (χ3v) is 2.20. The van der Waals surface area contributed by atoms with Gasteiger partial charge in [0.2, 0.25) is 5.91 Å². The Balaban J connectivity index is 4.37. The number of hydrogen-bond donors (Lipinski definition) is 0. The first-order valence-electron chi connectivity index (χ1n) is 4.77. The molecule has 0 aliphatic rings. The molecule has 0 fully saturated rings. The van der Waals surface area contributed by atoms with E-state index in [-0.39, 0.29) is 6.54 Å². The first-order valence-corrected chi connectivity index (χ1v) is 5.69. The number of unbranched alkanes of at least 4 members (excludes halogenated alkanes) is 1. The highest BCUT2D eigenvalue weighted by Crippen LogP contribution is 2.18. The van der Waals surface area contributed by atoms with Crippen molar-refractivity contribution < 1.29 is 18.0 Å². The molecule has 0 aliphatic carbocycles. The second kappa shape index (κ2) is 6.35. The number of amides is 1. The zero-order chi connectivity index (χ0) is 12.1. The minimum atomic E-state index is -4.33. The first-order chi connectivity index (χ1) is 6.78. The van der Waals surface area contributed by atoms with Gasteiger partial charge < -0.3 is 4.90 Å². The summed E-state index contributed by atoms with van der Waals surface area (Å²) in [5.74, 6) is -0.513. The van der Waals surface area contributed by atoms with Crippen molar-refractivity contribution in [2.24, 2.45) is 0 Å². The van der Waals surface area contributed by atoms with Gasteiger partial charge in [-0.05, 0) is 13.3 Å². The Kier molecular flexibility index (Phi) is 6.24. The normalized spacial score (nSPS) is 13.7. The van der Waals surface area contributed by atoms with Gasteiger partial charge in [0.15, 0.2) is 0 Å². The number of carbonyl (C=O) groups is 1. The summed E-state index contributed by atoms with van der Waals surface area (Å²) in [5, 5.41) is 0. The van der Waals surface area contributed by atoms with Crippen LogP contribution in [0.3, 0.4) is 0 Å². The van der Waals surface area contributed by atoms with Gasteiger partial charge in [-0.15, -0.1) is 0 Å². The fourth-order valence-corrected chi connectivity index (χ4v) is 1.37. The maximum absolute atomic E-state index is 12.1. The van der Waals surface area contributed by atoms with E-state index in [2.05, 4.69) is 15.9 Å². The molecule has 6 heteroatoms. The van der Waals surface area contributed by atoms with Crippen LogP contribution < -0.4 is 0 Å². The fraction of sp³-hybridized carbons (Fsp3) is 0.889. The molecule has 0 aromatic carbocycles. The molecule has 0 rings (SSSR count). The first kappa shape index (κ1) is 14.7. The summed E-state index contributed by atoms with van der Waals surface area (Å²) in [5.41, 5.74) is 0. The lowest BCUT2D eigenvalue weighted by Gasteiger charge is -2.24. The highest BCUT2D eigenvalue weighted by atomic mass is 79.9. The Morgan fingerprint density at radius 1 is 1.47 bits per heavy atom. The van der Waals surface area contributed by atoms with Crippen LogP contribution in [0.25, 0.3) is 0 Å². The zero-order valence-electron chi connectivity index (χ0n) is 8.77. The quantitative estimate of drug-likeness (QED) is 0.713. The molecule has 0 aliphatic heterocycles. The predicted octanol–water partition coefficient (Wildman–Crippen LogP) is 2.96. The minimum absolute atomic E-state index is 0.158. The number of halogens is 4.